The third kappa shape index (κ3) is 1.51. The molecule has 1 aliphatic heterocycles. The van der Waals surface area contributed by atoms with Gasteiger partial charge in [-0.3, -0.25) is 0 Å². The van der Waals surface area contributed by atoms with Gasteiger partial charge in [0.05, 0.1) is 20.3 Å². The molecule has 0 amide bonds. The third-order valence-electron chi connectivity index (χ3n) is 2.56. The fraction of sp³-hybridized carbons (Fsp3) is 0.889. The zero-order valence-corrected chi connectivity index (χ0v) is 8.96. The summed E-state index contributed by atoms with van der Waals surface area (Å²) < 4.78 is 20.0. The van der Waals surface area contributed by atoms with Crippen molar-refractivity contribution in [1.29, 1.82) is 0 Å². The molecule has 1 atom stereocenters. The lowest BCUT2D eigenvalue weighted by Gasteiger charge is -2.13. The number of carbonyl (C=O) groups excluding carboxylic acids is 1. The van der Waals surface area contributed by atoms with E-state index in [1.54, 1.807) is 21.1 Å². The van der Waals surface area contributed by atoms with Crippen LogP contribution in [-0.2, 0) is 23.7 Å². The van der Waals surface area contributed by atoms with Crippen LogP contribution < -0.4 is 0 Å². The number of ether oxygens (including phenoxy) is 4. The Morgan fingerprint density at radius 2 is 1.71 bits per heavy atom. The lowest BCUT2D eigenvalue weighted by molar-refractivity contribution is -0.146. The first-order chi connectivity index (χ1) is 6.56. The number of hydrogen-bond donors (Lipinski definition) is 0. The quantitative estimate of drug-likeness (QED) is 0.465. The van der Waals surface area contributed by atoms with Gasteiger partial charge in [-0.1, -0.05) is 0 Å². The molecule has 0 saturated carbocycles. The van der Waals surface area contributed by atoms with Gasteiger partial charge in [0.1, 0.15) is 0 Å². The Kier molecular flexibility index (Phi) is 3.14. The highest BCUT2D eigenvalue weighted by Gasteiger charge is 2.73. The second kappa shape index (κ2) is 3.84. The highest BCUT2D eigenvalue weighted by atomic mass is 16.7. The van der Waals surface area contributed by atoms with Crippen LogP contribution in [0, 0.1) is 0 Å². The zero-order valence-electron chi connectivity index (χ0n) is 8.96. The highest BCUT2D eigenvalue weighted by Crippen LogP contribution is 2.49. The van der Waals surface area contributed by atoms with Crippen molar-refractivity contribution in [1.82, 2.24) is 0 Å². The predicted octanol–water partition coefficient (Wildman–Crippen LogP) is -0.0201. The topological polar surface area (TPSA) is 57.3 Å². The molecule has 5 heteroatoms. The van der Waals surface area contributed by atoms with Gasteiger partial charge in [-0.2, -0.15) is 0 Å². The number of epoxide rings is 1. The summed E-state index contributed by atoms with van der Waals surface area (Å²) in [7, 11) is 4.44. The van der Waals surface area contributed by atoms with Crippen molar-refractivity contribution in [3.63, 3.8) is 0 Å². The van der Waals surface area contributed by atoms with Crippen LogP contribution in [0.4, 0.5) is 0 Å². The smallest absolute Gasteiger partial charge is 0.341 e. The summed E-state index contributed by atoms with van der Waals surface area (Å²) in [5.41, 5.74) is -1.63. The van der Waals surface area contributed by atoms with Crippen molar-refractivity contribution in [2.75, 3.05) is 34.5 Å². The molecular weight excluding hydrogens is 188 g/mol. The molecule has 1 unspecified atom stereocenters. The van der Waals surface area contributed by atoms with Crippen LogP contribution >= 0.6 is 0 Å². The van der Waals surface area contributed by atoms with Gasteiger partial charge in [-0.25, -0.2) is 4.79 Å². The molecule has 0 aromatic rings. The zero-order chi connectivity index (χ0) is 10.8. The van der Waals surface area contributed by atoms with Crippen molar-refractivity contribution in [2.24, 2.45) is 0 Å². The first-order valence-corrected chi connectivity index (χ1v) is 4.33. The summed E-state index contributed by atoms with van der Waals surface area (Å²) in [5.74, 6) is -0.397. The van der Waals surface area contributed by atoms with Crippen LogP contribution in [0.5, 0.6) is 0 Å². The lowest BCUT2D eigenvalue weighted by atomic mass is 9.96. The summed E-state index contributed by atoms with van der Waals surface area (Å²) >= 11 is 0. The Bertz CT molecular complexity index is 221. The molecule has 82 valence electrons. The average molecular weight is 204 g/mol. The maximum absolute atomic E-state index is 11.4. The molecule has 14 heavy (non-hydrogen) atoms. The molecule has 0 aliphatic carbocycles. The van der Waals surface area contributed by atoms with Crippen molar-refractivity contribution < 1.29 is 23.7 Å². The van der Waals surface area contributed by atoms with Gasteiger partial charge in [0, 0.05) is 14.2 Å². The second-order valence-corrected chi connectivity index (χ2v) is 3.49. The van der Waals surface area contributed by atoms with E-state index in [1.807, 2.05) is 0 Å². The van der Waals surface area contributed by atoms with Gasteiger partial charge in [0.15, 0.2) is 11.2 Å². The summed E-state index contributed by atoms with van der Waals surface area (Å²) in [6.07, 6.45) is 0. The average Bonchev–Trinajstić information content (AvgIpc) is 2.73. The molecule has 0 spiro atoms. The molecule has 5 nitrogen and oxygen atoms in total. The molecule has 1 saturated heterocycles. The minimum Gasteiger partial charge on any atom is -0.467 e. The molecule has 0 bridgehead atoms. The van der Waals surface area contributed by atoms with Crippen LogP contribution in [0.3, 0.4) is 0 Å². The van der Waals surface area contributed by atoms with Gasteiger partial charge >= 0.3 is 5.97 Å². The molecule has 1 aliphatic rings. The van der Waals surface area contributed by atoms with Gasteiger partial charge in [-0.05, 0) is 6.92 Å². The number of hydrogen-bond acceptors (Lipinski definition) is 5. The van der Waals surface area contributed by atoms with Crippen molar-refractivity contribution in [3.8, 4) is 0 Å². The molecule has 0 aromatic heterocycles. The summed E-state index contributed by atoms with van der Waals surface area (Å²) in [5, 5.41) is 0. The molecule has 1 heterocycles. The number of methoxy groups -OCH3 is 3. The number of rotatable bonds is 5. The molecule has 1 rings (SSSR count). The second-order valence-electron chi connectivity index (χ2n) is 3.49. The summed E-state index contributed by atoms with van der Waals surface area (Å²) in [6.45, 7) is 2.30. The van der Waals surface area contributed by atoms with E-state index >= 15 is 0 Å². The highest BCUT2D eigenvalue weighted by molar-refractivity contribution is 5.84. The van der Waals surface area contributed by atoms with Crippen molar-refractivity contribution in [2.45, 2.75) is 18.1 Å². The van der Waals surface area contributed by atoms with Gasteiger partial charge in [-0.15, -0.1) is 0 Å². The third-order valence-corrected chi connectivity index (χ3v) is 2.56. The van der Waals surface area contributed by atoms with Gasteiger partial charge < -0.3 is 18.9 Å². The largest absolute Gasteiger partial charge is 0.467 e. The van der Waals surface area contributed by atoms with Crippen molar-refractivity contribution in [3.05, 3.63) is 0 Å². The molecule has 0 N–H and O–H groups in total. The SMILES string of the molecule is COCC1(COC)OC1(C)C(=O)OC. The molecule has 0 radical (unpaired) electrons. The van der Waals surface area contributed by atoms with Crippen LogP contribution in [0.1, 0.15) is 6.92 Å². The Balaban J connectivity index is 2.71. The Labute approximate surface area is 83.3 Å². The predicted molar refractivity (Wildman–Crippen MR) is 48.0 cm³/mol. The van der Waals surface area contributed by atoms with E-state index in [1.165, 1.54) is 7.11 Å². The Morgan fingerprint density at radius 1 is 1.21 bits per heavy atom. The van der Waals surface area contributed by atoms with E-state index in [4.69, 9.17) is 14.2 Å². The maximum Gasteiger partial charge on any atom is 0.341 e. The minimum atomic E-state index is -0.937. The van der Waals surface area contributed by atoms with E-state index < -0.39 is 17.2 Å². The summed E-state index contributed by atoms with van der Waals surface area (Å²) in [6, 6.07) is 0. The van der Waals surface area contributed by atoms with Crippen molar-refractivity contribution >= 4 is 5.97 Å². The van der Waals surface area contributed by atoms with Gasteiger partial charge in [0.2, 0.25) is 0 Å². The first kappa shape index (κ1) is 11.4. The van der Waals surface area contributed by atoms with Crippen LogP contribution in [0.15, 0.2) is 0 Å². The fourth-order valence-corrected chi connectivity index (χ4v) is 1.63. The van der Waals surface area contributed by atoms with Crippen LogP contribution in [-0.4, -0.2) is 51.7 Å². The first-order valence-electron chi connectivity index (χ1n) is 4.33. The maximum atomic E-state index is 11.4. The minimum absolute atomic E-state index is 0.312. The molecular formula is C9H16O5. The lowest BCUT2D eigenvalue weighted by Crippen LogP contribution is -2.38. The van der Waals surface area contributed by atoms with Crippen LogP contribution in [0.25, 0.3) is 0 Å². The Hall–Kier alpha value is -0.650. The number of esters is 1. The number of carbonyl (C=O) groups is 1. The van der Waals surface area contributed by atoms with E-state index in [0.29, 0.717) is 13.2 Å². The normalized spacial score (nSPS) is 28.6. The van der Waals surface area contributed by atoms with E-state index in [-0.39, 0.29) is 0 Å². The monoisotopic (exact) mass is 204 g/mol. The van der Waals surface area contributed by atoms with E-state index in [2.05, 4.69) is 4.74 Å². The standard InChI is InChI=1S/C9H16O5/c1-8(7(10)13-4)9(14-8,5-11-2)6-12-3/h5-6H2,1-4H3. The van der Waals surface area contributed by atoms with Gasteiger partial charge in [0.25, 0.3) is 0 Å². The van der Waals surface area contributed by atoms with Crippen LogP contribution in [0.2, 0.25) is 0 Å². The van der Waals surface area contributed by atoms with E-state index in [9.17, 15) is 4.79 Å². The molecule has 1 fully saturated rings. The fourth-order valence-electron chi connectivity index (χ4n) is 1.63. The summed E-state index contributed by atoms with van der Waals surface area (Å²) in [4.78, 5) is 11.4. The Morgan fingerprint density at radius 3 is 2.07 bits per heavy atom. The molecule has 0 aromatic carbocycles. The van der Waals surface area contributed by atoms with E-state index in [0.717, 1.165) is 0 Å².